The quantitative estimate of drug-likeness (QED) is 0.396. The van der Waals surface area contributed by atoms with Crippen LogP contribution in [0.3, 0.4) is 0 Å². The summed E-state index contributed by atoms with van der Waals surface area (Å²) in [5.74, 6) is 1.12. The Labute approximate surface area is 229 Å². The zero-order valence-corrected chi connectivity index (χ0v) is 23.4. The highest BCUT2D eigenvalue weighted by molar-refractivity contribution is 6.06. The summed E-state index contributed by atoms with van der Waals surface area (Å²) >= 11 is 0. The SMILES string of the molecule is CCOc1cc(C2C(C(=O)Nc3cccc(C)c3C)=C(C)Nc3ncnn32)ccc1OCC(=O)N(CC)CC. The molecule has 2 amide bonds. The minimum atomic E-state index is -0.570. The van der Waals surface area contributed by atoms with E-state index in [1.165, 1.54) is 6.33 Å². The van der Waals surface area contributed by atoms with Gasteiger partial charge in [-0.15, -0.1) is 0 Å². The molecule has 0 bridgehead atoms. The second kappa shape index (κ2) is 12.0. The Kier molecular flexibility index (Phi) is 8.53. The van der Waals surface area contributed by atoms with Crippen molar-refractivity contribution >= 4 is 23.5 Å². The van der Waals surface area contributed by atoms with Gasteiger partial charge in [0.15, 0.2) is 18.1 Å². The Morgan fingerprint density at radius 2 is 1.82 bits per heavy atom. The fraction of sp³-hybridized carbons (Fsp3) is 0.379. The molecule has 10 heteroatoms. The normalized spacial score (nSPS) is 14.4. The third-order valence-corrected chi connectivity index (χ3v) is 6.94. The van der Waals surface area contributed by atoms with Gasteiger partial charge in [0.2, 0.25) is 5.95 Å². The van der Waals surface area contributed by atoms with Crippen LogP contribution in [0.25, 0.3) is 0 Å². The molecule has 0 saturated heterocycles. The van der Waals surface area contributed by atoms with E-state index in [0.29, 0.717) is 48.4 Å². The highest BCUT2D eigenvalue weighted by Gasteiger charge is 2.34. The van der Waals surface area contributed by atoms with Gasteiger partial charge in [-0.05, 0) is 76.4 Å². The Balaban J connectivity index is 1.69. The van der Waals surface area contributed by atoms with Crippen molar-refractivity contribution in [2.75, 3.05) is 36.9 Å². The van der Waals surface area contributed by atoms with Crippen molar-refractivity contribution in [3.05, 3.63) is 70.7 Å². The lowest BCUT2D eigenvalue weighted by Gasteiger charge is -2.29. The number of nitrogens with zero attached hydrogens (tertiary/aromatic N) is 4. The zero-order valence-electron chi connectivity index (χ0n) is 23.4. The Bertz CT molecular complexity index is 1390. The number of aryl methyl sites for hydroxylation is 1. The topological polar surface area (TPSA) is 111 Å². The number of allylic oxidation sites excluding steroid dienone is 1. The van der Waals surface area contributed by atoms with Gasteiger partial charge in [0.25, 0.3) is 11.8 Å². The minimum Gasteiger partial charge on any atom is -0.490 e. The van der Waals surface area contributed by atoms with Crippen LogP contribution in [0, 0.1) is 13.8 Å². The van der Waals surface area contributed by atoms with Gasteiger partial charge in [-0.25, -0.2) is 4.68 Å². The average Bonchev–Trinajstić information content (AvgIpc) is 3.38. The van der Waals surface area contributed by atoms with Crippen LogP contribution in [0.2, 0.25) is 0 Å². The smallest absolute Gasteiger partial charge is 0.260 e. The standard InChI is InChI=1S/C29H36N6O4/c1-7-34(8-2)25(36)16-39-23-14-13-21(15-24(23)38-9-3)27-26(20(6)32-29-30-17-31-35(27)29)28(37)33-22-12-10-11-18(4)19(22)5/h10-15,17,27H,7-9,16H2,1-6H3,(H,33,37)(H,30,31,32). The maximum absolute atomic E-state index is 13.8. The molecule has 1 aromatic heterocycles. The van der Waals surface area contributed by atoms with Crippen molar-refractivity contribution in [2.24, 2.45) is 0 Å². The Hall–Kier alpha value is -4.34. The maximum Gasteiger partial charge on any atom is 0.260 e. The van der Waals surface area contributed by atoms with Crippen molar-refractivity contribution < 1.29 is 19.1 Å². The first-order valence-electron chi connectivity index (χ1n) is 13.2. The highest BCUT2D eigenvalue weighted by Crippen LogP contribution is 2.39. The molecule has 1 unspecified atom stereocenters. The van der Waals surface area contributed by atoms with Gasteiger partial charge in [-0.1, -0.05) is 18.2 Å². The van der Waals surface area contributed by atoms with Gasteiger partial charge < -0.3 is 25.0 Å². The minimum absolute atomic E-state index is 0.0931. The van der Waals surface area contributed by atoms with E-state index in [1.54, 1.807) is 15.6 Å². The van der Waals surface area contributed by atoms with E-state index in [4.69, 9.17) is 9.47 Å². The van der Waals surface area contributed by atoms with E-state index in [-0.39, 0.29) is 18.4 Å². The molecule has 2 aromatic carbocycles. The summed E-state index contributed by atoms with van der Waals surface area (Å²) in [7, 11) is 0. The predicted octanol–water partition coefficient (Wildman–Crippen LogP) is 4.47. The van der Waals surface area contributed by atoms with Crippen LogP contribution in [-0.2, 0) is 9.59 Å². The molecule has 10 nitrogen and oxygen atoms in total. The molecule has 206 valence electrons. The molecule has 1 aliphatic rings. The maximum atomic E-state index is 13.8. The summed E-state index contributed by atoms with van der Waals surface area (Å²) in [5.41, 5.74) is 4.78. The van der Waals surface area contributed by atoms with Gasteiger partial charge in [-0.2, -0.15) is 10.1 Å². The molecule has 2 heterocycles. The number of amides is 2. The average molecular weight is 533 g/mol. The van der Waals surface area contributed by atoms with Crippen LogP contribution < -0.4 is 20.1 Å². The summed E-state index contributed by atoms with van der Waals surface area (Å²) in [6.07, 6.45) is 1.45. The van der Waals surface area contributed by atoms with Crippen LogP contribution >= 0.6 is 0 Å². The first-order chi connectivity index (χ1) is 18.8. The van der Waals surface area contributed by atoms with Crippen molar-refractivity contribution in [3.8, 4) is 11.5 Å². The van der Waals surface area contributed by atoms with Crippen LogP contribution in [0.1, 0.15) is 50.4 Å². The number of carbonyl (C=O) groups excluding carboxylic acids is 2. The summed E-state index contributed by atoms with van der Waals surface area (Å²) in [6.45, 7) is 13.1. The summed E-state index contributed by atoms with van der Waals surface area (Å²) < 4.78 is 13.5. The number of likely N-dealkylation sites (N-methyl/N-ethyl adjacent to an activating group) is 1. The van der Waals surface area contributed by atoms with Crippen LogP contribution in [0.5, 0.6) is 11.5 Å². The molecule has 39 heavy (non-hydrogen) atoms. The van der Waals surface area contributed by atoms with Crippen molar-refractivity contribution in [1.29, 1.82) is 0 Å². The van der Waals surface area contributed by atoms with Gasteiger partial charge in [0.05, 0.1) is 12.2 Å². The molecular weight excluding hydrogens is 496 g/mol. The predicted molar refractivity (Wildman–Crippen MR) is 150 cm³/mol. The number of benzene rings is 2. The van der Waals surface area contributed by atoms with E-state index in [2.05, 4.69) is 20.7 Å². The van der Waals surface area contributed by atoms with Crippen molar-refractivity contribution in [2.45, 2.75) is 47.6 Å². The molecule has 1 atom stereocenters. The second-order valence-corrected chi connectivity index (χ2v) is 9.29. The number of anilines is 2. The molecule has 4 rings (SSSR count). The molecule has 0 saturated carbocycles. The number of nitrogens with one attached hydrogen (secondary N) is 2. The van der Waals surface area contributed by atoms with Crippen LogP contribution in [0.15, 0.2) is 54.0 Å². The van der Waals surface area contributed by atoms with E-state index in [9.17, 15) is 9.59 Å². The summed E-state index contributed by atoms with van der Waals surface area (Å²) in [6, 6.07) is 10.7. The summed E-state index contributed by atoms with van der Waals surface area (Å²) in [5, 5.41) is 10.7. The third kappa shape index (κ3) is 5.74. The number of hydrogen-bond acceptors (Lipinski definition) is 7. The molecule has 0 spiro atoms. The largest absolute Gasteiger partial charge is 0.490 e. The molecule has 2 N–H and O–H groups in total. The van der Waals surface area contributed by atoms with Crippen LogP contribution in [0.4, 0.5) is 11.6 Å². The molecule has 0 fully saturated rings. The number of fused-ring (bicyclic) bond motifs is 1. The van der Waals surface area contributed by atoms with Gasteiger partial charge >= 0.3 is 0 Å². The molecule has 0 aliphatic carbocycles. The fourth-order valence-corrected chi connectivity index (χ4v) is 4.66. The van der Waals surface area contributed by atoms with Gasteiger partial charge in [0.1, 0.15) is 12.4 Å². The molecule has 1 aliphatic heterocycles. The number of hydrogen-bond donors (Lipinski definition) is 2. The van der Waals surface area contributed by atoms with Crippen molar-refractivity contribution in [1.82, 2.24) is 19.7 Å². The van der Waals surface area contributed by atoms with Gasteiger partial charge in [-0.3, -0.25) is 9.59 Å². The number of aromatic nitrogens is 3. The highest BCUT2D eigenvalue weighted by atomic mass is 16.5. The van der Waals surface area contributed by atoms with E-state index in [0.717, 1.165) is 22.4 Å². The molecule has 3 aromatic rings. The second-order valence-electron chi connectivity index (χ2n) is 9.29. The first-order valence-corrected chi connectivity index (χ1v) is 13.2. The molecular formula is C29H36N6O4. The fourth-order valence-electron chi connectivity index (χ4n) is 4.66. The van der Waals surface area contributed by atoms with E-state index in [1.807, 2.05) is 71.9 Å². The Morgan fingerprint density at radius 1 is 1.05 bits per heavy atom. The Morgan fingerprint density at radius 3 is 2.54 bits per heavy atom. The van der Waals surface area contributed by atoms with E-state index < -0.39 is 6.04 Å². The van der Waals surface area contributed by atoms with E-state index >= 15 is 0 Å². The first kappa shape index (κ1) is 27.7. The van der Waals surface area contributed by atoms with Crippen molar-refractivity contribution in [3.63, 3.8) is 0 Å². The van der Waals surface area contributed by atoms with Crippen LogP contribution in [-0.4, -0.2) is 57.8 Å². The zero-order chi connectivity index (χ0) is 28.1. The van der Waals surface area contributed by atoms with Gasteiger partial charge in [0, 0.05) is 24.5 Å². The number of rotatable bonds is 10. The lowest BCUT2D eigenvalue weighted by Crippen LogP contribution is -2.34. The monoisotopic (exact) mass is 532 g/mol. The lowest BCUT2D eigenvalue weighted by molar-refractivity contribution is -0.133. The third-order valence-electron chi connectivity index (χ3n) is 6.94. The number of carbonyl (C=O) groups is 2. The molecule has 0 radical (unpaired) electrons. The number of ether oxygens (including phenoxy) is 2. The lowest BCUT2D eigenvalue weighted by atomic mass is 9.94. The summed E-state index contributed by atoms with van der Waals surface area (Å²) in [4.78, 5) is 32.3.